The molecular weight excluding hydrogens is 376 g/mol. The maximum atomic E-state index is 12.7. The highest BCUT2D eigenvalue weighted by Gasteiger charge is 2.23. The summed E-state index contributed by atoms with van der Waals surface area (Å²) in [6.07, 6.45) is 2.08. The molecule has 0 radical (unpaired) electrons. The van der Waals surface area contributed by atoms with Gasteiger partial charge in [-0.25, -0.2) is 4.98 Å². The lowest BCUT2D eigenvalue weighted by Crippen LogP contribution is -2.12. The van der Waals surface area contributed by atoms with E-state index >= 15 is 0 Å². The van der Waals surface area contributed by atoms with Crippen molar-refractivity contribution in [2.75, 3.05) is 16.4 Å². The maximum Gasteiger partial charge on any atom is 0.267 e. The van der Waals surface area contributed by atoms with Crippen molar-refractivity contribution < 1.29 is 14.4 Å². The summed E-state index contributed by atoms with van der Waals surface area (Å²) in [6.45, 7) is 1.43. The number of Topliss-reactive ketones (excluding diaryl/α,β-unsaturated/α-hetero) is 1. The number of fused-ring (bicyclic) bond motifs is 2. The summed E-state index contributed by atoms with van der Waals surface area (Å²) < 4.78 is 0. The fourth-order valence-corrected chi connectivity index (χ4v) is 4.25. The molecule has 4 N–H and O–H groups in total. The Morgan fingerprint density at radius 3 is 2.46 bits per heavy atom. The normalized spacial score (nSPS) is 13.2. The van der Waals surface area contributed by atoms with Crippen LogP contribution in [0.15, 0.2) is 30.3 Å². The zero-order valence-corrected chi connectivity index (χ0v) is 16.0. The van der Waals surface area contributed by atoms with E-state index in [0.717, 1.165) is 18.5 Å². The average Bonchev–Trinajstić information content (AvgIpc) is 2.98. The maximum absolute atomic E-state index is 12.7. The fraction of sp³-hybridized carbons (Fsp3) is 0.200. The minimum absolute atomic E-state index is 0.0755. The lowest BCUT2D eigenvalue weighted by atomic mass is 9.94. The average molecular weight is 394 g/mol. The molecule has 1 aromatic carbocycles. The molecule has 0 fully saturated rings. The van der Waals surface area contributed by atoms with Crippen molar-refractivity contribution >= 4 is 56.2 Å². The van der Waals surface area contributed by atoms with Crippen LogP contribution in [-0.2, 0) is 11.2 Å². The number of carbonyl (C=O) groups is 3. The number of carbonyl (C=O) groups excluding carboxylic acids is 3. The van der Waals surface area contributed by atoms with Gasteiger partial charge in [-0.15, -0.1) is 11.3 Å². The van der Waals surface area contributed by atoms with Gasteiger partial charge in [-0.3, -0.25) is 14.4 Å². The van der Waals surface area contributed by atoms with E-state index in [1.165, 1.54) is 18.3 Å². The molecule has 1 aliphatic rings. The van der Waals surface area contributed by atoms with Crippen molar-refractivity contribution in [3.63, 3.8) is 0 Å². The highest BCUT2D eigenvalue weighted by atomic mass is 32.1. The van der Waals surface area contributed by atoms with Crippen LogP contribution in [0.4, 0.5) is 17.1 Å². The van der Waals surface area contributed by atoms with E-state index in [0.29, 0.717) is 44.1 Å². The Bertz CT molecular complexity index is 1120. The van der Waals surface area contributed by atoms with E-state index in [9.17, 15) is 14.4 Å². The van der Waals surface area contributed by atoms with Gasteiger partial charge >= 0.3 is 0 Å². The number of nitrogens with zero attached hydrogens (tertiary/aromatic N) is 1. The molecule has 0 atom stereocenters. The summed E-state index contributed by atoms with van der Waals surface area (Å²) in [5.74, 6) is -0.424. The first-order valence-electron chi connectivity index (χ1n) is 8.86. The standard InChI is InChI=1S/C20H18N4O3S/c1-10(25)22-11-5-7-12(8-6-11)23-19(27)18-17(21)14-9-13-15(24-20(14)28-18)3-2-4-16(13)26/h5-9H,2-4,21H2,1H3,(H,22,25)(H,23,27). The second-order valence-corrected chi connectivity index (χ2v) is 7.67. The molecule has 0 aliphatic heterocycles. The molecule has 28 heavy (non-hydrogen) atoms. The smallest absolute Gasteiger partial charge is 0.267 e. The van der Waals surface area contributed by atoms with Crippen LogP contribution in [0.2, 0.25) is 0 Å². The van der Waals surface area contributed by atoms with Crippen molar-refractivity contribution in [2.24, 2.45) is 0 Å². The van der Waals surface area contributed by atoms with Crippen molar-refractivity contribution in [3.05, 3.63) is 46.5 Å². The van der Waals surface area contributed by atoms with E-state index in [4.69, 9.17) is 5.73 Å². The number of benzene rings is 1. The quantitative estimate of drug-likeness (QED) is 0.628. The molecular formula is C20H18N4O3S. The summed E-state index contributed by atoms with van der Waals surface area (Å²) in [7, 11) is 0. The van der Waals surface area contributed by atoms with Crippen LogP contribution in [0.25, 0.3) is 10.2 Å². The predicted molar refractivity (Wildman–Crippen MR) is 110 cm³/mol. The van der Waals surface area contributed by atoms with Crippen LogP contribution in [0, 0.1) is 0 Å². The summed E-state index contributed by atoms with van der Waals surface area (Å²) in [6, 6.07) is 8.56. The van der Waals surface area contributed by atoms with Crippen LogP contribution in [0.5, 0.6) is 0 Å². The molecule has 0 saturated heterocycles. The summed E-state index contributed by atoms with van der Waals surface area (Å²) in [5, 5.41) is 6.12. The van der Waals surface area contributed by atoms with E-state index in [2.05, 4.69) is 15.6 Å². The molecule has 8 heteroatoms. The third-order valence-corrected chi connectivity index (χ3v) is 5.70. The SMILES string of the molecule is CC(=O)Nc1ccc(NC(=O)c2sc3nc4c(cc3c2N)C(=O)CCC4)cc1. The van der Waals surface area contributed by atoms with E-state index in [-0.39, 0.29) is 17.6 Å². The molecule has 3 aromatic rings. The second kappa shape index (κ2) is 7.05. The van der Waals surface area contributed by atoms with Gasteiger partial charge in [0.05, 0.1) is 11.4 Å². The van der Waals surface area contributed by atoms with Crippen LogP contribution >= 0.6 is 11.3 Å². The molecule has 0 bridgehead atoms. The number of nitrogen functional groups attached to an aromatic ring is 1. The minimum atomic E-state index is -0.336. The molecule has 2 heterocycles. The summed E-state index contributed by atoms with van der Waals surface area (Å²) in [5.41, 5.74) is 9.16. The van der Waals surface area contributed by atoms with Crippen molar-refractivity contribution in [2.45, 2.75) is 26.2 Å². The molecule has 7 nitrogen and oxygen atoms in total. The number of hydrogen-bond acceptors (Lipinski definition) is 6. The molecule has 2 amide bonds. The molecule has 2 aromatic heterocycles. The Morgan fingerprint density at radius 1 is 1.11 bits per heavy atom. The Morgan fingerprint density at radius 2 is 1.79 bits per heavy atom. The first kappa shape index (κ1) is 18.1. The lowest BCUT2D eigenvalue weighted by molar-refractivity contribution is -0.114. The molecule has 0 unspecified atom stereocenters. The first-order chi connectivity index (χ1) is 13.4. The number of amides is 2. The summed E-state index contributed by atoms with van der Waals surface area (Å²) >= 11 is 1.22. The van der Waals surface area contributed by atoms with Gasteiger partial charge in [0.2, 0.25) is 5.91 Å². The van der Waals surface area contributed by atoms with Crippen LogP contribution < -0.4 is 16.4 Å². The first-order valence-corrected chi connectivity index (χ1v) is 9.68. The van der Waals surface area contributed by atoms with Gasteiger partial charge in [-0.05, 0) is 43.2 Å². The zero-order valence-electron chi connectivity index (χ0n) is 15.2. The Balaban J connectivity index is 1.61. The highest BCUT2D eigenvalue weighted by Crippen LogP contribution is 2.35. The Kier molecular flexibility index (Phi) is 4.56. The molecule has 4 rings (SSSR count). The fourth-order valence-electron chi connectivity index (χ4n) is 3.26. The topological polar surface area (TPSA) is 114 Å². The van der Waals surface area contributed by atoms with Crippen LogP contribution in [0.3, 0.4) is 0 Å². The minimum Gasteiger partial charge on any atom is -0.397 e. The monoisotopic (exact) mass is 394 g/mol. The summed E-state index contributed by atoms with van der Waals surface area (Å²) in [4.78, 5) is 41.5. The van der Waals surface area contributed by atoms with Crippen molar-refractivity contribution in [1.82, 2.24) is 4.98 Å². The van der Waals surface area contributed by atoms with E-state index in [1.54, 1.807) is 30.3 Å². The van der Waals surface area contributed by atoms with Crippen molar-refractivity contribution in [1.29, 1.82) is 0 Å². The number of nitrogens with two attached hydrogens (primary N) is 1. The van der Waals surface area contributed by atoms with Gasteiger partial charge in [-0.1, -0.05) is 0 Å². The number of rotatable bonds is 3. The number of aryl methyl sites for hydroxylation is 1. The zero-order chi connectivity index (χ0) is 19.8. The van der Waals surface area contributed by atoms with Crippen LogP contribution in [0.1, 0.15) is 45.5 Å². The second-order valence-electron chi connectivity index (χ2n) is 6.67. The molecule has 1 aliphatic carbocycles. The highest BCUT2D eigenvalue weighted by molar-refractivity contribution is 7.21. The predicted octanol–water partition coefficient (Wildman–Crippen LogP) is 3.61. The van der Waals surface area contributed by atoms with Crippen LogP contribution in [-0.4, -0.2) is 22.6 Å². The lowest BCUT2D eigenvalue weighted by Gasteiger charge is -2.13. The van der Waals surface area contributed by atoms with Gasteiger partial charge in [0, 0.05) is 35.7 Å². The number of nitrogens with one attached hydrogen (secondary N) is 2. The van der Waals surface area contributed by atoms with Gasteiger partial charge in [0.15, 0.2) is 5.78 Å². The van der Waals surface area contributed by atoms with Gasteiger partial charge < -0.3 is 16.4 Å². The van der Waals surface area contributed by atoms with Gasteiger partial charge in [0.1, 0.15) is 9.71 Å². The number of aromatic nitrogens is 1. The van der Waals surface area contributed by atoms with E-state index in [1.807, 2.05) is 0 Å². The molecule has 142 valence electrons. The Hall–Kier alpha value is -3.26. The van der Waals surface area contributed by atoms with Gasteiger partial charge in [-0.2, -0.15) is 0 Å². The van der Waals surface area contributed by atoms with Gasteiger partial charge in [0.25, 0.3) is 5.91 Å². The molecule has 0 saturated carbocycles. The number of thiophene rings is 1. The third-order valence-electron chi connectivity index (χ3n) is 4.59. The number of anilines is 3. The molecule has 0 spiro atoms. The number of pyridine rings is 1. The Labute approximate surface area is 165 Å². The van der Waals surface area contributed by atoms with Crippen molar-refractivity contribution in [3.8, 4) is 0 Å². The number of ketones is 1. The largest absolute Gasteiger partial charge is 0.397 e. The third kappa shape index (κ3) is 3.34. The van der Waals surface area contributed by atoms with E-state index < -0.39 is 0 Å². The number of hydrogen-bond donors (Lipinski definition) is 3.